The number of rotatable bonds is 3. The fourth-order valence-corrected chi connectivity index (χ4v) is 2.23. The molecule has 0 bridgehead atoms. The van der Waals surface area contributed by atoms with Crippen molar-refractivity contribution in [3.63, 3.8) is 0 Å². The van der Waals surface area contributed by atoms with Crippen molar-refractivity contribution in [1.82, 2.24) is 14.3 Å². The number of hydrogen-bond donors (Lipinski definition) is 1. The van der Waals surface area contributed by atoms with Gasteiger partial charge in [0.05, 0.1) is 0 Å². The predicted molar refractivity (Wildman–Crippen MR) is 79.1 cm³/mol. The molecule has 1 N–H and O–H groups in total. The Hall–Kier alpha value is -2.82. The highest BCUT2D eigenvalue weighted by atomic mass is 16.3. The van der Waals surface area contributed by atoms with Crippen LogP contribution in [0, 0.1) is 0 Å². The second-order valence-corrected chi connectivity index (χ2v) is 4.90. The van der Waals surface area contributed by atoms with Crippen molar-refractivity contribution in [2.75, 3.05) is 7.05 Å². The van der Waals surface area contributed by atoms with Crippen LogP contribution in [0.5, 0.6) is 5.75 Å². The van der Waals surface area contributed by atoms with E-state index >= 15 is 0 Å². The van der Waals surface area contributed by atoms with Crippen LogP contribution in [0.1, 0.15) is 16.1 Å². The molecule has 0 aliphatic heterocycles. The first-order valence-electron chi connectivity index (χ1n) is 6.61. The second kappa shape index (κ2) is 5.28. The summed E-state index contributed by atoms with van der Waals surface area (Å²) in [4.78, 5) is 18.2. The Morgan fingerprint density at radius 2 is 2.00 bits per heavy atom. The molecule has 0 unspecified atom stereocenters. The number of hydrogen-bond acceptors (Lipinski definition) is 3. The van der Waals surface area contributed by atoms with Gasteiger partial charge in [-0.1, -0.05) is 30.3 Å². The molecule has 0 spiro atoms. The van der Waals surface area contributed by atoms with E-state index in [0.717, 1.165) is 5.56 Å². The molecule has 0 atom stereocenters. The third kappa shape index (κ3) is 2.58. The van der Waals surface area contributed by atoms with Gasteiger partial charge in [0.2, 0.25) is 0 Å². The van der Waals surface area contributed by atoms with Gasteiger partial charge in [-0.05, 0) is 17.7 Å². The van der Waals surface area contributed by atoms with E-state index in [4.69, 9.17) is 0 Å². The van der Waals surface area contributed by atoms with Crippen LogP contribution in [0.25, 0.3) is 5.65 Å². The molecule has 0 radical (unpaired) electrons. The number of fused-ring (bicyclic) bond motifs is 1. The lowest BCUT2D eigenvalue weighted by molar-refractivity contribution is 0.0780. The average molecular weight is 281 g/mol. The largest absolute Gasteiger partial charge is 0.504 e. The molecule has 2 heterocycles. The highest BCUT2D eigenvalue weighted by molar-refractivity contribution is 5.93. The summed E-state index contributed by atoms with van der Waals surface area (Å²) >= 11 is 0. The van der Waals surface area contributed by atoms with Gasteiger partial charge in [-0.2, -0.15) is 0 Å². The second-order valence-electron chi connectivity index (χ2n) is 4.90. The quantitative estimate of drug-likeness (QED) is 0.801. The van der Waals surface area contributed by atoms with E-state index < -0.39 is 0 Å². The molecule has 0 saturated heterocycles. The van der Waals surface area contributed by atoms with Crippen molar-refractivity contribution in [2.45, 2.75) is 6.54 Å². The molecule has 1 aromatic carbocycles. The lowest BCUT2D eigenvalue weighted by Crippen LogP contribution is -2.26. The number of imidazole rings is 1. The minimum Gasteiger partial charge on any atom is -0.504 e. The van der Waals surface area contributed by atoms with Gasteiger partial charge >= 0.3 is 0 Å². The first-order valence-corrected chi connectivity index (χ1v) is 6.61. The van der Waals surface area contributed by atoms with E-state index in [1.807, 2.05) is 30.3 Å². The highest BCUT2D eigenvalue weighted by Crippen LogP contribution is 2.17. The van der Waals surface area contributed by atoms with Crippen LogP contribution in [0.3, 0.4) is 0 Å². The Bertz CT molecular complexity index is 781. The Morgan fingerprint density at radius 3 is 2.71 bits per heavy atom. The molecule has 21 heavy (non-hydrogen) atoms. The molecule has 3 rings (SSSR count). The topological polar surface area (TPSA) is 57.8 Å². The molecular weight excluding hydrogens is 266 g/mol. The van der Waals surface area contributed by atoms with Crippen LogP contribution < -0.4 is 0 Å². The van der Waals surface area contributed by atoms with Crippen LogP contribution in [0.2, 0.25) is 0 Å². The first-order chi connectivity index (χ1) is 10.1. The highest BCUT2D eigenvalue weighted by Gasteiger charge is 2.16. The third-order valence-corrected chi connectivity index (χ3v) is 3.29. The van der Waals surface area contributed by atoms with Crippen molar-refractivity contribution in [3.05, 3.63) is 66.1 Å². The Kier molecular flexibility index (Phi) is 3.31. The number of carbonyl (C=O) groups is 1. The van der Waals surface area contributed by atoms with Gasteiger partial charge < -0.3 is 14.4 Å². The molecular formula is C16H15N3O2. The Morgan fingerprint density at radius 1 is 1.24 bits per heavy atom. The Balaban J connectivity index is 1.84. The summed E-state index contributed by atoms with van der Waals surface area (Å²) in [5.41, 5.74) is 1.75. The van der Waals surface area contributed by atoms with Crippen LogP contribution in [-0.4, -0.2) is 32.3 Å². The molecule has 0 saturated carbocycles. The molecule has 1 amide bonds. The van der Waals surface area contributed by atoms with E-state index in [-0.39, 0.29) is 11.7 Å². The zero-order chi connectivity index (χ0) is 14.8. The number of benzene rings is 1. The molecule has 3 aromatic rings. The standard InChI is InChI=1S/C16H15N3O2/c1-18(10-12-6-3-2-4-7-12)16(21)13-11-19-9-5-8-14(20)15(19)17-13/h2-9,11,20H,10H2,1H3. The van der Waals surface area contributed by atoms with Crippen molar-refractivity contribution < 1.29 is 9.90 Å². The van der Waals surface area contributed by atoms with E-state index in [1.165, 1.54) is 0 Å². The van der Waals surface area contributed by atoms with Gasteiger partial charge in [0.15, 0.2) is 11.4 Å². The SMILES string of the molecule is CN(Cc1ccccc1)C(=O)c1cn2cccc(O)c2n1. The number of amides is 1. The van der Waals surface area contributed by atoms with E-state index in [2.05, 4.69) is 4.98 Å². The minimum absolute atomic E-state index is 0.0577. The summed E-state index contributed by atoms with van der Waals surface area (Å²) in [6.45, 7) is 0.513. The van der Waals surface area contributed by atoms with Gasteiger partial charge in [-0.3, -0.25) is 4.79 Å². The van der Waals surface area contributed by atoms with Crippen LogP contribution >= 0.6 is 0 Å². The van der Waals surface area contributed by atoms with Gasteiger partial charge in [0.1, 0.15) is 5.69 Å². The van der Waals surface area contributed by atoms with Gasteiger partial charge in [0, 0.05) is 26.0 Å². The van der Waals surface area contributed by atoms with E-state index in [9.17, 15) is 9.90 Å². The number of carbonyl (C=O) groups excluding carboxylic acids is 1. The number of aromatic nitrogens is 2. The number of aromatic hydroxyl groups is 1. The van der Waals surface area contributed by atoms with Crippen LogP contribution in [0.4, 0.5) is 0 Å². The monoisotopic (exact) mass is 281 g/mol. The van der Waals surface area contributed by atoms with E-state index in [0.29, 0.717) is 17.9 Å². The molecule has 5 heteroatoms. The normalized spacial score (nSPS) is 10.7. The maximum atomic E-state index is 12.4. The number of pyridine rings is 1. The fourth-order valence-electron chi connectivity index (χ4n) is 2.23. The van der Waals surface area contributed by atoms with Crippen LogP contribution in [-0.2, 0) is 6.54 Å². The fraction of sp³-hybridized carbons (Fsp3) is 0.125. The van der Waals surface area contributed by atoms with Gasteiger partial charge in [-0.25, -0.2) is 4.98 Å². The zero-order valence-electron chi connectivity index (χ0n) is 11.6. The smallest absolute Gasteiger partial charge is 0.274 e. The molecule has 0 fully saturated rings. The summed E-state index contributed by atoms with van der Waals surface area (Å²) in [6, 6.07) is 13.0. The number of nitrogens with zero attached hydrogens (tertiary/aromatic N) is 3. The average Bonchev–Trinajstić information content (AvgIpc) is 2.93. The first kappa shape index (κ1) is 13.2. The zero-order valence-corrected chi connectivity index (χ0v) is 11.6. The maximum Gasteiger partial charge on any atom is 0.274 e. The minimum atomic E-state index is -0.179. The summed E-state index contributed by atoms with van der Waals surface area (Å²) < 4.78 is 1.64. The summed E-state index contributed by atoms with van der Waals surface area (Å²) in [5.74, 6) is -0.121. The summed E-state index contributed by atoms with van der Waals surface area (Å²) in [5, 5.41) is 9.73. The van der Waals surface area contributed by atoms with Gasteiger partial charge in [-0.15, -0.1) is 0 Å². The van der Waals surface area contributed by atoms with Crippen molar-refractivity contribution >= 4 is 11.6 Å². The van der Waals surface area contributed by atoms with E-state index in [1.54, 1.807) is 40.9 Å². The molecule has 0 aliphatic carbocycles. The summed E-state index contributed by atoms with van der Waals surface area (Å²) in [6.07, 6.45) is 3.37. The van der Waals surface area contributed by atoms with Crippen molar-refractivity contribution in [2.24, 2.45) is 0 Å². The molecule has 0 aliphatic rings. The summed E-state index contributed by atoms with van der Waals surface area (Å²) in [7, 11) is 1.74. The lowest BCUT2D eigenvalue weighted by atomic mass is 10.2. The lowest BCUT2D eigenvalue weighted by Gasteiger charge is -2.15. The predicted octanol–water partition coefficient (Wildman–Crippen LogP) is 2.31. The maximum absolute atomic E-state index is 12.4. The molecule has 2 aromatic heterocycles. The van der Waals surface area contributed by atoms with Crippen molar-refractivity contribution in [1.29, 1.82) is 0 Å². The van der Waals surface area contributed by atoms with Crippen molar-refractivity contribution in [3.8, 4) is 5.75 Å². The molecule has 106 valence electrons. The Labute approximate surface area is 122 Å². The third-order valence-electron chi connectivity index (χ3n) is 3.29. The van der Waals surface area contributed by atoms with Gasteiger partial charge in [0.25, 0.3) is 5.91 Å². The molecule has 5 nitrogen and oxygen atoms in total. The van der Waals surface area contributed by atoms with Crippen LogP contribution in [0.15, 0.2) is 54.9 Å².